The maximum absolute atomic E-state index is 12.6. The van der Waals surface area contributed by atoms with Crippen LogP contribution in [0.1, 0.15) is 33.6 Å². The molecule has 3 aliphatic heterocycles. The van der Waals surface area contributed by atoms with Gasteiger partial charge in [-0.05, 0) is 18.6 Å². The average Bonchev–Trinajstić information content (AvgIpc) is 3.23. The summed E-state index contributed by atoms with van der Waals surface area (Å²) in [6.45, 7) is 1.44. The molecule has 0 saturated carbocycles. The number of rotatable bonds is 4. The van der Waals surface area contributed by atoms with Crippen LogP contribution in [0.15, 0.2) is 24.3 Å². The number of sulfone groups is 1. The second kappa shape index (κ2) is 7.82. The number of piperazine rings is 1. The molecule has 0 N–H and O–H groups in total. The number of fused-ring (bicyclic) bond motifs is 1. The highest BCUT2D eigenvalue weighted by Crippen LogP contribution is 2.23. The number of hydrogen-bond acceptors (Lipinski definition) is 6. The number of imide groups is 1. The molecule has 1 atom stereocenters. The first-order valence-electron chi connectivity index (χ1n) is 9.99. The lowest BCUT2D eigenvalue weighted by atomic mass is 10.1. The number of nitrogens with zero attached hydrogens (tertiary/aromatic N) is 3. The van der Waals surface area contributed by atoms with Crippen LogP contribution in [0.25, 0.3) is 0 Å². The molecule has 0 spiro atoms. The molecule has 4 rings (SSSR count). The molecule has 3 heterocycles. The van der Waals surface area contributed by atoms with Crippen LogP contribution in [0.4, 0.5) is 0 Å². The molecule has 2 saturated heterocycles. The fourth-order valence-electron chi connectivity index (χ4n) is 4.23. The zero-order valence-corrected chi connectivity index (χ0v) is 17.3. The van der Waals surface area contributed by atoms with Gasteiger partial charge in [0.15, 0.2) is 9.84 Å². The zero-order valence-electron chi connectivity index (χ0n) is 16.5. The Morgan fingerprint density at radius 2 is 1.50 bits per heavy atom. The van der Waals surface area contributed by atoms with Crippen molar-refractivity contribution in [2.24, 2.45) is 5.92 Å². The van der Waals surface area contributed by atoms with Crippen molar-refractivity contribution in [3.8, 4) is 0 Å². The Hall–Kier alpha value is -2.75. The Morgan fingerprint density at radius 3 is 2.03 bits per heavy atom. The summed E-state index contributed by atoms with van der Waals surface area (Å²) in [7, 11) is -3.12. The topological polar surface area (TPSA) is 112 Å². The number of carbonyl (C=O) groups is 4. The maximum Gasteiger partial charge on any atom is 0.261 e. The zero-order chi connectivity index (χ0) is 21.5. The first-order chi connectivity index (χ1) is 14.3. The van der Waals surface area contributed by atoms with Crippen LogP contribution in [0, 0.1) is 5.92 Å². The standard InChI is InChI=1S/C20H23N3O6S/c24-17(5-7-23-19(26)15-3-1-2-4-16(15)20(23)27)21-8-10-22(11-9-21)18(25)14-6-12-30(28,29)13-14/h1-4,14H,5-13H2/t14-/m0/s1. The van der Waals surface area contributed by atoms with E-state index in [1.165, 1.54) is 0 Å². The molecule has 1 aromatic carbocycles. The summed E-state index contributed by atoms with van der Waals surface area (Å²) < 4.78 is 23.2. The number of amides is 4. The smallest absolute Gasteiger partial charge is 0.261 e. The van der Waals surface area contributed by atoms with E-state index in [1.54, 1.807) is 34.1 Å². The predicted molar refractivity (Wildman–Crippen MR) is 106 cm³/mol. The van der Waals surface area contributed by atoms with Crippen LogP contribution in [0.3, 0.4) is 0 Å². The lowest BCUT2D eigenvalue weighted by Crippen LogP contribution is -2.52. The lowest BCUT2D eigenvalue weighted by molar-refractivity contribution is -0.141. The summed E-state index contributed by atoms with van der Waals surface area (Å²) in [5.74, 6) is -1.62. The summed E-state index contributed by atoms with van der Waals surface area (Å²) in [6.07, 6.45) is 0.390. The van der Waals surface area contributed by atoms with E-state index in [0.29, 0.717) is 43.7 Å². The molecule has 160 valence electrons. The number of benzene rings is 1. The summed E-state index contributed by atoms with van der Waals surface area (Å²) in [5.41, 5.74) is 0.715. The van der Waals surface area contributed by atoms with Gasteiger partial charge in [0.05, 0.1) is 28.6 Å². The molecule has 0 bridgehead atoms. The molecule has 10 heteroatoms. The summed E-state index contributed by atoms with van der Waals surface area (Å²) in [5, 5.41) is 0. The van der Waals surface area contributed by atoms with Crippen LogP contribution in [-0.2, 0) is 19.4 Å². The van der Waals surface area contributed by atoms with Crippen molar-refractivity contribution < 1.29 is 27.6 Å². The van der Waals surface area contributed by atoms with Crippen molar-refractivity contribution in [1.82, 2.24) is 14.7 Å². The van der Waals surface area contributed by atoms with Crippen molar-refractivity contribution >= 4 is 33.5 Å². The van der Waals surface area contributed by atoms with E-state index < -0.39 is 15.8 Å². The molecular formula is C20H23N3O6S. The van der Waals surface area contributed by atoms with Crippen molar-refractivity contribution in [3.05, 3.63) is 35.4 Å². The van der Waals surface area contributed by atoms with Crippen molar-refractivity contribution in [2.75, 3.05) is 44.2 Å². The van der Waals surface area contributed by atoms with Gasteiger partial charge in [0.25, 0.3) is 11.8 Å². The van der Waals surface area contributed by atoms with Gasteiger partial charge >= 0.3 is 0 Å². The second-order valence-corrected chi connectivity index (χ2v) is 10.1. The SMILES string of the molecule is O=C(CCN1C(=O)c2ccccc2C1=O)N1CCN(C(=O)[C@H]2CCS(=O)(=O)C2)CC1. The van der Waals surface area contributed by atoms with E-state index in [1.807, 2.05) is 0 Å². The first-order valence-corrected chi connectivity index (χ1v) is 11.8. The third kappa shape index (κ3) is 3.83. The molecule has 9 nitrogen and oxygen atoms in total. The Labute approximate surface area is 174 Å². The third-order valence-electron chi connectivity index (χ3n) is 5.95. The van der Waals surface area contributed by atoms with Crippen LogP contribution >= 0.6 is 0 Å². The first kappa shape index (κ1) is 20.5. The van der Waals surface area contributed by atoms with Gasteiger partial charge in [0.2, 0.25) is 11.8 Å². The van der Waals surface area contributed by atoms with Gasteiger partial charge in [-0.15, -0.1) is 0 Å². The minimum absolute atomic E-state index is 0.0181. The third-order valence-corrected chi connectivity index (χ3v) is 7.72. The minimum atomic E-state index is -3.12. The van der Waals surface area contributed by atoms with Crippen molar-refractivity contribution in [3.63, 3.8) is 0 Å². The molecule has 0 aromatic heterocycles. The highest BCUT2D eigenvalue weighted by Gasteiger charge is 2.37. The number of hydrogen-bond donors (Lipinski definition) is 0. The lowest BCUT2D eigenvalue weighted by Gasteiger charge is -2.36. The fraction of sp³-hybridized carbons (Fsp3) is 0.500. The van der Waals surface area contributed by atoms with E-state index >= 15 is 0 Å². The highest BCUT2D eigenvalue weighted by atomic mass is 32.2. The van der Waals surface area contributed by atoms with Gasteiger partial charge in [-0.3, -0.25) is 24.1 Å². The summed E-state index contributed by atoms with van der Waals surface area (Å²) in [6, 6.07) is 6.59. The molecule has 0 radical (unpaired) electrons. The van der Waals surface area contributed by atoms with Gasteiger partial charge in [-0.2, -0.15) is 0 Å². The van der Waals surface area contributed by atoms with Gasteiger partial charge in [-0.25, -0.2) is 8.42 Å². The molecule has 3 aliphatic rings. The Morgan fingerprint density at radius 1 is 0.933 bits per heavy atom. The fourth-order valence-corrected chi connectivity index (χ4v) is 5.96. The van der Waals surface area contributed by atoms with Gasteiger partial charge in [0.1, 0.15) is 0 Å². The maximum atomic E-state index is 12.6. The van der Waals surface area contributed by atoms with E-state index in [0.717, 1.165) is 4.90 Å². The normalized spacial score (nSPS) is 23.1. The van der Waals surface area contributed by atoms with Crippen LogP contribution < -0.4 is 0 Å². The predicted octanol–water partition coefficient (Wildman–Crippen LogP) is -0.222. The van der Waals surface area contributed by atoms with Crippen molar-refractivity contribution in [1.29, 1.82) is 0 Å². The number of carbonyl (C=O) groups excluding carboxylic acids is 4. The molecule has 0 aliphatic carbocycles. The Bertz CT molecular complexity index is 978. The summed E-state index contributed by atoms with van der Waals surface area (Å²) >= 11 is 0. The molecule has 2 fully saturated rings. The van der Waals surface area contributed by atoms with E-state index in [4.69, 9.17) is 0 Å². The molecular weight excluding hydrogens is 410 g/mol. The summed E-state index contributed by atoms with van der Waals surface area (Å²) in [4.78, 5) is 54.2. The van der Waals surface area contributed by atoms with Crippen LogP contribution in [-0.4, -0.2) is 91.0 Å². The van der Waals surface area contributed by atoms with E-state index in [9.17, 15) is 27.6 Å². The minimum Gasteiger partial charge on any atom is -0.339 e. The van der Waals surface area contributed by atoms with Crippen LogP contribution in [0.5, 0.6) is 0 Å². The van der Waals surface area contributed by atoms with Gasteiger partial charge in [0, 0.05) is 39.1 Å². The van der Waals surface area contributed by atoms with E-state index in [2.05, 4.69) is 0 Å². The largest absolute Gasteiger partial charge is 0.339 e. The van der Waals surface area contributed by atoms with Gasteiger partial charge in [-0.1, -0.05) is 12.1 Å². The van der Waals surface area contributed by atoms with Crippen molar-refractivity contribution in [2.45, 2.75) is 12.8 Å². The Balaban J connectivity index is 1.27. The van der Waals surface area contributed by atoms with Gasteiger partial charge < -0.3 is 9.80 Å². The second-order valence-electron chi connectivity index (χ2n) is 7.86. The molecule has 4 amide bonds. The molecule has 1 aromatic rings. The average molecular weight is 433 g/mol. The highest BCUT2D eigenvalue weighted by molar-refractivity contribution is 7.91. The quantitative estimate of drug-likeness (QED) is 0.607. The monoisotopic (exact) mass is 433 g/mol. The molecule has 30 heavy (non-hydrogen) atoms. The van der Waals surface area contributed by atoms with Crippen LogP contribution in [0.2, 0.25) is 0 Å². The molecule has 0 unspecified atom stereocenters. The Kier molecular flexibility index (Phi) is 5.35. The van der Waals surface area contributed by atoms with E-state index in [-0.39, 0.29) is 48.1 Å².